The van der Waals surface area contributed by atoms with E-state index in [9.17, 15) is 4.79 Å². The monoisotopic (exact) mass is 377 g/mol. The molecule has 2 N–H and O–H groups in total. The van der Waals surface area contributed by atoms with Crippen LogP contribution in [0.25, 0.3) is 6.08 Å². The van der Waals surface area contributed by atoms with Gasteiger partial charge in [0, 0.05) is 30.1 Å². The van der Waals surface area contributed by atoms with Gasteiger partial charge in [-0.05, 0) is 23.8 Å². The van der Waals surface area contributed by atoms with Crippen LogP contribution in [0.5, 0.6) is 11.5 Å². The highest BCUT2D eigenvalue weighted by atomic mass is 16.5. The number of fused-ring (bicyclic) bond motifs is 1. The third-order valence-electron chi connectivity index (χ3n) is 5.21. The molecule has 4 rings (SSSR count). The molecule has 2 aliphatic heterocycles. The van der Waals surface area contributed by atoms with Gasteiger partial charge in [0.05, 0.1) is 26.0 Å². The minimum atomic E-state index is -0.324. The second-order valence-electron chi connectivity index (χ2n) is 6.82. The van der Waals surface area contributed by atoms with Crippen LogP contribution in [0.2, 0.25) is 0 Å². The summed E-state index contributed by atoms with van der Waals surface area (Å²) in [6.45, 7) is 1.38. The Bertz CT molecular complexity index is 952. The van der Waals surface area contributed by atoms with Crippen LogP contribution < -0.4 is 20.1 Å². The van der Waals surface area contributed by atoms with Crippen molar-refractivity contribution in [1.29, 1.82) is 0 Å². The lowest BCUT2D eigenvalue weighted by atomic mass is 9.81. The molecular weight excluding hydrogens is 354 g/mol. The Labute approximate surface area is 164 Å². The molecule has 28 heavy (non-hydrogen) atoms. The van der Waals surface area contributed by atoms with Crippen molar-refractivity contribution in [2.45, 2.75) is 6.04 Å². The van der Waals surface area contributed by atoms with E-state index in [1.165, 1.54) is 0 Å². The van der Waals surface area contributed by atoms with E-state index >= 15 is 0 Å². The Balaban J connectivity index is 1.75. The van der Waals surface area contributed by atoms with E-state index in [0.29, 0.717) is 6.54 Å². The third kappa shape index (κ3) is 3.39. The first kappa shape index (κ1) is 18.3. The van der Waals surface area contributed by atoms with Crippen molar-refractivity contribution in [3.8, 4) is 11.5 Å². The molecule has 2 aromatic rings. The minimum Gasteiger partial charge on any atom is -0.496 e. The predicted octanol–water partition coefficient (Wildman–Crippen LogP) is 3.21. The maximum atomic E-state index is 12.4. The number of piperidine rings is 1. The van der Waals surface area contributed by atoms with Gasteiger partial charge < -0.3 is 20.1 Å². The molecule has 1 fully saturated rings. The molecule has 0 saturated carbocycles. The van der Waals surface area contributed by atoms with Crippen LogP contribution in [-0.2, 0) is 0 Å². The first-order valence-corrected chi connectivity index (χ1v) is 9.28. The molecule has 0 aliphatic carbocycles. The number of benzene rings is 2. The summed E-state index contributed by atoms with van der Waals surface area (Å²) in [5, 5.41) is 6.48. The van der Waals surface area contributed by atoms with Crippen molar-refractivity contribution in [2.75, 3.05) is 27.3 Å². The fourth-order valence-electron chi connectivity index (χ4n) is 3.91. The number of hydrogen-bond donors (Lipinski definition) is 2. The lowest BCUT2D eigenvalue weighted by molar-refractivity contribution is 0.238. The standard InChI is InChI=1S/C22H23N3O3/c1-27-18-9-5-3-7-14(18)11-15-12-23-13-17-20(15)24-22(26)25-21(17)16-8-4-6-10-19(16)28-2/h3-11,17,21,23H,12-13H2,1-2H3,(H,25,26)/b15-11+. The van der Waals surface area contributed by atoms with E-state index in [2.05, 4.69) is 21.7 Å². The number of nitrogens with zero attached hydrogens (tertiary/aromatic N) is 1. The van der Waals surface area contributed by atoms with Crippen molar-refractivity contribution < 1.29 is 14.3 Å². The number of rotatable bonds is 4. The second kappa shape index (κ2) is 7.86. The van der Waals surface area contributed by atoms with Gasteiger partial charge in [0.25, 0.3) is 0 Å². The molecule has 2 amide bonds. The molecule has 0 radical (unpaired) electrons. The van der Waals surface area contributed by atoms with Gasteiger partial charge in [-0.25, -0.2) is 4.79 Å². The smallest absolute Gasteiger partial charge is 0.341 e. The maximum Gasteiger partial charge on any atom is 0.341 e. The Kier molecular flexibility index (Phi) is 5.12. The van der Waals surface area contributed by atoms with Crippen molar-refractivity contribution >= 4 is 17.8 Å². The molecule has 2 unspecified atom stereocenters. The van der Waals surface area contributed by atoms with Crippen molar-refractivity contribution in [3.63, 3.8) is 0 Å². The van der Waals surface area contributed by atoms with E-state index in [1.807, 2.05) is 48.5 Å². The van der Waals surface area contributed by atoms with E-state index in [-0.39, 0.29) is 18.0 Å². The zero-order valence-corrected chi connectivity index (χ0v) is 15.9. The molecule has 0 aromatic heterocycles. The number of para-hydroxylation sites is 2. The first-order chi connectivity index (χ1) is 13.7. The molecule has 6 nitrogen and oxygen atoms in total. The van der Waals surface area contributed by atoms with Gasteiger partial charge in [0.2, 0.25) is 0 Å². The zero-order valence-electron chi connectivity index (χ0n) is 15.9. The number of amides is 2. The van der Waals surface area contributed by atoms with Crippen molar-refractivity contribution in [2.24, 2.45) is 10.9 Å². The molecule has 0 bridgehead atoms. The van der Waals surface area contributed by atoms with E-state index in [1.54, 1.807) is 14.2 Å². The SMILES string of the molecule is COc1ccccc1/C=C1\CNCC2C1=NC(=O)NC2c1ccccc1OC. The number of hydrogen-bond acceptors (Lipinski definition) is 4. The lowest BCUT2D eigenvalue weighted by Gasteiger charge is -2.37. The summed E-state index contributed by atoms with van der Waals surface area (Å²) in [6.07, 6.45) is 2.05. The average Bonchev–Trinajstić information content (AvgIpc) is 2.74. The van der Waals surface area contributed by atoms with Crippen LogP contribution in [0.15, 0.2) is 59.1 Å². The Hall–Kier alpha value is -3.12. The largest absolute Gasteiger partial charge is 0.496 e. The number of methoxy groups -OCH3 is 2. The molecule has 1 saturated heterocycles. The van der Waals surface area contributed by atoms with Crippen molar-refractivity contribution in [3.05, 3.63) is 65.2 Å². The molecular formula is C22H23N3O3. The first-order valence-electron chi connectivity index (χ1n) is 9.28. The maximum absolute atomic E-state index is 12.4. The van der Waals surface area contributed by atoms with Gasteiger partial charge in [-0.15, -0.1) is 0 Å². The molecule has 2 aromatic carbocycles. The molecule has 2 heterocycles. The van der Waals surface area contributed by atoms with Gasteiger partial charge in [0.1, 0.15) is 11.5 Å². The second-order valence-corrected chi connectivity index (χ2v) is 6.82. The third-order valence-corrected chi connectivity index (χ3v) is 5.21. The Morgan fingerprint density at radius 3 is 2.54 bits per heavy atom. The van der Waals surface area contributed by atoms with Crippen LogP contribution in [-0.4, -0.2) is 39.1 Å². The number of urea groups is 1. The highest BCUT2D eigenvalue weighted by molar-refractivity contribution is 6.12. The van der Waals surface area contributed by atoms with Gasteiger partial charge in [-0.3, -0.25) is 0 Å². The number of carbonyl (C=O) groups excluding carboxylic acids is 1. The fourth-order valence-corrected chi connectivity index (χ4v) is 3.91. The van der Waals surface area contributed by atoms with Crippen LogP contribution in [0, 0.1) is 5.92 Å². The Morgan fingerprint density at radius 1 is 1.04 bits per heavy atom. The highest BCUT2D eigenvalue weighted by Gasteiger charge is 2.38. The number of ether oxygens (including phenoxy) is 2. The average molecular weight is 377 g/mol. The van der Waals surface area contributed by atoms with Gasteiger partial charge in [0.15, 0.2) is 0 Å². The quantitative estimate of drug-likeness (QED) is 0.858. The molecule has 144 valence electrons. The minimum absolute atomic E-state index is 0.0173. The summed E-state index contributed by atoms with van der Waals surface area (Å²) in [7, 11) is 3.30. The predicted molar refractivity (Wildman–Crippen MR) is 109 cm³/mol. The van der Waals surface area contributed by atoms with Crippen molar-refractivity contribution in [1.82, 2.24) is 10.6 Å². The van der Waals surface area contributed by atoms with Gasteiger partial charge in [-0.1, -0.05) is 36.4 Å². The topological polar surface area (TPSA) is 72.0 Å². The van der Waals surface area contributed by atoms with E-state index in [0.717, 1.165) is 40.5 Å². The summed E-state index contributed by atoms with van der Waals surface area (Å²) in [4.78, 5) is 16.8. The molecule has 2 atom stereocenters. The highest BCUT2D eigenvalue weighted by Crippen LogP contribution is 2.36. The lowest BCUT2D eigenvalue weighted by Crippen LogP contribution is -2.50. The number of nitrogens with one attached hydrogen (secondary N) is 2. The van der Waals surface area contributed by atoms with Crippen LogP contribution >= 0.6 is 0 Å². The molecule has 6 heteroatoms. The summed E-state index contributed by atoms with van der Waals surface area (Å²) >= 11 is 0. The van der Waals surface area contributed by atoms with Gasteiger partial charge in [-0.2, -0.15) is 4.99 Å². The van der Waals surface area contributed by atoms with E-state index < -0.39 is 0 Å². The van der Waals surface area contributed by atoms with E-state index in [4.69, 9.17) is 9.47 Å². The summed E-state index contributed by atoms with van der Waals surface area (Å²) in [6, 6.07) is 15.1. The zero-order chi connectivity index (χ0) is 19.5. The number of carbonyl (C=O) groups is 1. The normalized spacial score (nSPS) is 22.9. The van der Waals surface area contributed by atoms with Gasteiger partial charge >= 0.3 is 6.03 Å². The fraction of sp³-hybridized carbons (Fsp3) is 0.273. The Morgan fingerprint density at radius 2 is 1.75 bits per heavy atom. The van der Waals surface area contributed by atoms with Crippen LogP contribution in [0.4, 0.5) is 4.79 Å². The number of aliphatic imine (C=N–C) groups is 1. The molecule has 2 aliphatic rings. The summed E-state index contributed by atoms with van der Waals surface area (Å²) in [5.74, 6) is 1.57. The summed E-state index contributed by atoms with van der Waals surface area (Å²) < 4.78 is 11.0. The van der Waals surface area contributed by atoms with Crippen LogP contribution in [0.1, 0.15) is 17.2 Å². The molecule has 0 spiro atoms. The summed E-state index contributed by atoms with van der Waals surface area (Å²) in [5.41, 5.74) is 3.74. The van der Waals surface area contributed by atoms with Crippen LogP contribution in [0.3, 0.4) is 0 Å².